The number of anilines is 1. The van der Waals surface area contributed by atoms with Crippen molar-refractivity contribution in [2.24, 2.45) is 0 Å². The van der Waals surface area contributed by atoms with Gasteiger partial charge in [-0.25, -0.2) is 12.8 Å². The molecule has 0 spiro atoms. The van der Waals surface area contributed by atoms with Crippen molar-refractivity contribution in [2.75, 3.05) is 4.31 Å². The van der Waals surface area contributed by atoms with Crippen LogP contribution in [0.4, 0.5) is 23.2 Å². The van der Waals surface area contributed by atoms with E-state index in [1.807, 2.05) is 0 Å². The van der Waals surface area contributed by atoms with Crippen molar-refractivity contribution in [1.29, 1.82) is 0 Å². The average Bonchev–Trinajstić information content (AvgIpc) is 2.54. The van der Waals surface area contributed by atoms with Gasteiger partial charge in [0.25, 0.3) is 10.0 Å². The van der Waals surface area contributed by atoms with Gasteiger partial charge in [-0.15, -0.1) is 0 Å². The smallest absolute Gasteiger partial charge is 0.279 e. The number of alkyl halides is 3. The maximum absolute atomic E-state index is 13.1. The molecule has 1 atom stereocenters. The molecule has 2 rings (SSSR count). The summed E-state index contributed by atoms with van der Waals surface area (Å²) < 4.78 is 78.1. The zero-order valence-electron chi connectivity index (χ0n) is 13.2. The van der Waals surface area contributed by atoms with E-state index in [-0.39, 0.29) is 0 Å². The van der Waals surface area contributed by atoms with E-state index in [0.717, 1.165) is 49.4 Å². The molecule has 0 aromatic heterocycles. The van der Waals surface area contributed by atoms with E-state index in [2.05, 4.69) is 0 Å². The first-order chi connectivity index (χ1) is 11.9. The third-order valence-electron chi connectivity index (χ3n) is 3.48. The molecule has 2 aromatic rings. The summed E-state index contributed by atoms with van der Waals surface area (Å²) in [4.78, 5) is 11.1. The first kappa shape index (κ1) is 20.2. The number of halogens is 5. The summed E-state index contributed by atoms with van der Waals surface area (Å²) in [5, 5.41) is -1.09. The Morgan fingerprint density at radius 2 is 1.69 bits per heavy atom. The predicted molar refractivity (Wildman–Crippen MR) is 87.8 cm³/mol. The molecule has 0 N–H and O–H groups in total. The van der Waals surface area contributed by atoms with E-state index >= 15 is 0 Å². The lowest BCUT2D eigenvalue weighted by molar-refractivity contribution is -0.137. The van der Waals surface area contributed by atoms with Crippen molar-refractivity contribution in [3.8, 4) is 0 Å². The Labute approximate surface area is 152 Å². The molecule has 1 unspecified atom stereocenters. The van der Waals surface area contributed by atoms with Gasteiger partial charge >= 0.3 is 6.18 Å². The van der Waals surface area contributed by atoms with Crippen molar-refractivity contribution < 1.29 is 30.8 Å². The Bertz CT molecular complexity index is 914. The Morgan fingerprint density at radius 3 is 2.19 bits per heavy atom. The molecule has 26 heavy (non-hydrogen) atoms. The lowest BCUT2D eigenvalue weighted by Gasteiger charge is -2.28. The molecule has 0 fully saturated rings. The highest BCUT2D eigenvalue weighted by Crippen LogP contribution is 2.34. The summed E-state index contributed by atoms with van der Waals surface area (Å²) in [6, 6.07) is 5.62. The fourth-order valence-corrected chi connectivity index (χ4v) is 3.97. The van der Waals surface area contributed by atoms with Gasteiger partial charge in [-0.05, 0) is 61.0 Å². The second-order valence-corrected chi connectivity index (χ2v) is 7.47. The summed E-state index contributed by atoms with van der Waals surface area (Å²) in [6.45, 7) is 1.14. The molecule has 0 bridgehead atoms. The van der Waals surface area contributed by atoms with Crippen molar-refractivity contribution in [2.45, 2.75) is 24.0 Å². The van der Waals surface area contributed by atoms with Crippen LogP contribution in [0.2, 0.25) is 0 Å². The first-order valence-electron chi connectivity index (χ1n) is 7.11. The van der Waals surface area contributed by atoms with Gasteiger partial charge in [-0.2, -0.15) is 13.2 Å². The minimum absolute atomic E-state index is 0.398. The molecule has 4 nitrogen and oxygen atoms in total. The van der Waals surface area contributed by atoms with Crippen molar-refractivity contribution in [3.63, 3.8) is 0 Å². The third-order valence-corrected chi connectivity index (χ3v) is 5.71. The minimum Gasteiger partial charge on any atom is -0.279 e. The number of rotatable bonds is 5. The number of carbonyl (C=O) groups is 1. The zero-order chi connectivity index (χ0) is 19.7. The monoisotopic (exact) mass is 409 g/mol. The summed E-state index contributed by atoms with van der Waals surface area (Å²) in [5.41, 5.74) is -1.49. The molecule has 10 heteroatoms. The van der Waals surface area contributed by atoms with E-state index in [1.54, 1.807) is 0 Å². The third kappa shape index (κ3) is 4.16. The van der Waals surface area contributed by atoms with Crippen molar-refractivity contribution in [1.82, 2.24) is 0 Å². The average molecular weight is 410 g/mol. The van der Waals surface area contributed by atoms with Gasteiger partial charge in [0.15, 0.2) is 0 Å². The van der Waals surface area contributed by atoms with E-state index in [9.17, 15) is 30.8 Å². The summed E-state index contributed by atoms with van der Waals surface area (Å²) in [6.07, 6.45) is -4.71. The summed E-state index contributed by atoms with van der Waals surface area (Å²) in [7, 11) is -4.48. The fourth-order valence-electron chi connectivity index (χ4n) is 2.20. The van der Waals surface area contributed by atoms with Crippen LogP contribution in [0, 0.1) is 5.82 Å². The van der Waals surface area contributed by atoms with Gasteiger partial charge in [0.2, 0.25) is 5.24 Å². The molecule has 0 radical (unpaired) electrons. The highest BCUT2D eigenvalue weighted by Gasteiger charge is 2.35. The number of hydrogen-bond donors (Lipinski definition) is 0. The standard InChI is InChI=1S/C16H12ClF4NO3S/c1-10(15(17)23)22(13-4-2-3-11(9-13)16(19,20)21)26(24,25)14-7-5-12(18)6-8-14/h2-10H,1H3. The van der Waals surface area contributed by atoms with Gasteiger partial charge in [0, 0.05) is 0 Å². The molecular formula is C16H12ClF4NO3S. The van der Waals surface area contributed by atoms with Crippen LogP contribution in [0.25, 0.3) is 0 Å². The second kappa shape index (κ2) is 7.24. The van der Waals surface area contributed by atoms with Crippen molar-refractivity contribution in [3.05, 3.63) is 59.9 Å². The predicted octanol–water partition coefficient (Wildman–Crippen LogP) is 4.19. The molecule has 0 aliphatic rings. The maximum Gasteiger partial charge on any atom is 0.416 e. The Kier molecular flexibility index (Phi) is 5.62. The molecule has 0 saturated heterocycles. The highest BCUT2D eigenvalue weighted by molar-refractivity contribution is 7.93. The molecule has 0 saturated carbocycles. The van der Waals surface area contributed by atoms with E-state index in [1.165, 1.54) is 0 Å². The normalized spacial score (nSPS) is 13.3. The van der Waals surface area contributed by atoms with Crippen LogP contribution in [0.15, 0.2) is 53.4 Å². The Morgan fingerprint density at radius 1 is 1.12 bits per heavy atom. The Balaban J connectivity index is 2.65. The molecular weight excluding hydrogens is 398 g/mol. The molecule has 0 aliphatic carbocycles. The molecule has 2 aromatic carbocycles. The summed E-state index contributed by atoms with van der Waals surface area (Å²) in [5.74, 6) is -0.698. The number of sulfonamides is 1. The Hall–Kier alpha value is -2.13. The van der Waals surface area contributed by atoms with Gasteiger partial charge in [0.05, 0.1) is 16.1 Å². The van der Waals surface area contributed by atoms with Crippen LogP contribution in [0.3, 0.4) is 0 Å². The van der Waals surface area contributed by atoms with E-state index < -0.39 is 49.4 Å². The molecule has 0 heterocycles. The van der Waals surface area contributed by atoms with Gasteiger partial charge in [0.1, 0.15) is 11.9 Å². The zero-order valence-corrected chi connectivity index (χ0v) is 14.7. The van der Waals surface area contributed by atoms with Gasteiger partial charge in [-0.3, -0.25) is 9.10 Å². The van der Waals surface area contributed by atoms with Crippen LogP contribution in [0.1, 0.15) is 12.5 Å². The van der Waals surface area contributed by atoms with E-state index in [0.29, 0.717) is 10.4 Å². The minimum atomic E-state index is -4.71. The number of benzene rings is 2. The lowest BCUT2D eigenvalue weighted by Crippen LogP contribution is -2.42. The number of hydrogen-bond acceptors (Lipinski definition) is 3. The first-order valence-corrected chi connectivity index (χ1v) is 8.93. The quantitative estimate of drug-likeness (QED) is 0.549. The lowest BCUT2D eigenvalue weighted by atomic mass is 10.2. The number of nitrogens with zero attached hydrogens (tertiary/aromatic N) is 1. The van der Waals surface area contributed by atoms with E-state index in [4.69, 9.17) is 11.6 Å². The largest absolute Gasteiger partial charge is 0.416 e. The highest BCUT2D eigenvalue weighted by atomic mass is 35.5. The van der Waals surface area contributed by atoms with Crippen molar-refractivity contribution >= 4 is 32.6 Å². The van der Waals surface area contributed by atoms with Gasteiger partial charge in [-0.1, -0.05) is 6.07 Å². The topological polar surface area (TPSA) is 54.5 Å². The molecule has 0 aliphatic heterocycles. The van der Waals surface area contributed by atoms with Crippen LogP contribution in [-0.2, 0) is 21.0 Å². The van der Waals surface area contributed by atoms with Crippen LogP contribution >= 0.6 is 11.6 Å². The van der Waals surface area contributed by atoms with Gasteiger partial charge < -0.3 is 0 Å². The number of carbonyl (C=O) groups excluding carboxylic acids is 1. The van der Waals surface area contributed by atoms with Crippen LogP contribution in [-0.4, -0.2) is 19.7 Å². The summed E-state index contributed by atoms with van der Waals surface area (Å²) >= 11 is 5.39. The fraction of sp³-hybridized carbons (Fsp3) is 0.188. The SMILES string of the molecule is CC(C(=O)Cl)N(c1cccc(C(F)(F)F)c1)S(=O)(=O)c1ccc(F)cc1. The molecule has 0 amide bonds. The van der Waals surface area contributed by atoms with Crippen LogP contribution < -0.4 is 4.31 Å². The molecule has 140 valence electrons. The second-order valence-electron chi connectivity index (χ2n) is 5.28. The maximum atomic E-state index is 13.1. The van der Waals surface area contributed by atoms with Crippen LogP contribution in [0.5, 0.6) is 0 Å².